The predicted molar refractivity (Wildman–Crippen MR) is 83.2 cm³/mol. The summed E-state index contributed by atoms with van der Waals surface area (Å²) >= 11 is 3.42. The molecule has 3 aromatic rings. The molecule has 0 radical (unpaired) electrons. The van der Waals surface area contributed by atoms with E-state index in [1.807, 2.05) is 36.4 Å². The number of nitrogens with zero attached hydrogens (tertiary/aromatic N) is 2. The summed E-state index contributed by atoms with van der Waals surface area (Å²) in [5.41, 5.74) is 8.58. The van der Waals surface area contributed by atoms with Gasteiger partial charge in [0.2, 0.25) is 0 Å². The summed E-state index contributed by atoms with van der Waals surface area (Å²) < 4.78 is 1.07. The number of nitrogens with two attached hydrogens (primary N) is 1. The fourth-order valence-electron chi connectivity index (χ4n) is 1.98. The van der Waals surface area contributed by atoms with Crippen LogP contribution in [0.25, 0.3) is 11.4 Å². The van der Waals surface area contributed by atoms with E-state index in [-0.39, 0.29) is 0 Å². The molecule has 2 aromatic carbocycles. The Morgan fingerprint density at radius 1 is 1.10 bits per heavy atom. The van der Waals surface area contributed by atoms with E-state index in [1.54, 1.807) is 0 Å². The Labute approximate surface area is 125 Å². The van der Waals surface area contributed by atoms with Crippen molar-refractivity contribution >= 4 is 21.6 Å². The molecule has 0 aliphatic carbocycles. The van der Waals surface area contributed by atoms with Gasteiger partial charge in [-0.2, -0.15) is 5.10 Å². The van der Waals surface area contributed by atoms with Crippen LogP contribution < -0.4 is 5.73 Å². The quantitative estimate of drug-likeness (QED) is 0.724. The van der Waals surface area contributed by atoms with Gasteiger partial charge in [0.1, 0.15) is 5.82 Å². The highest BCUT2D eigenvalue weighted by Crippen LogP contribution is 2.18. The monoisotopic (exact) mass is 328 g/mol. The van der Waals surface area contributed by atoms with Gasteiger partial charge in [-0.1, -0.05) is 40.2 Å². The molecule has 0 aliphatic heterocycles. The Hall–Kier alpha value is -2.14. The fourth-order valence-corrected chi connectivity index (χ4v) is 2.24. The summed E-state index contributed by atoms with van der Waals surface area (Å²) in [6.07, 6.45) is 0.725. The summed E-state index contributed by atoms with van der Waals surface area (Å²) in [5, 5.41) is 7.21. The zero-order chi connectivity index (χ0) is 13.9. The van der Waals surface area contributed by atoms with Crippen LogP contribution >= 0.6 is 15.9 Å². The fraction of sp³-hybridized carbons (Fsp3) is 0.0667. The molecule has 0 bridgehead atoms. The minimum Gasteiger partial charge on any atom is -0.399 e. The molecule has 0 amide bonds. The van der Waals surface area contributed by atoms with E-state index in [1.165, 1.54) is 5.56 Å². The summed E-state index contributed by atoms with van der Waals surface area (Å²) in [4.78, 5) is 4.51. The highest BCUT2D eigenvalue weighted by atomic mass is 79.9. The van der Waals surface area contributed by atoms with Crippen LogP contribution in [0, 0.1) is 0 Å². The number of H-pyrrole nitrogens is 1. The number of halogens is 1. The second-order valence-corrected chi connectivity index (χ2v) is 5.45. The molecule has 0 fully saturated rings. The smallest absolute Gasteiger partial charge is 0.181 e. The van der Waals surface area contributed by atoms with Crippen LogP contribution in [0.15, 0.2) is 53.0 Å². The molecule has 3 rings (SSSR count). The standard InChI is InChI=1S/C15H13BrN4/c16-12-6-4-10(5-7-12)8-14-18-15(20-19-14)11-2-1-3-13(17)9-11/h1-7,9H,8,17H2,(H,18,19,20). The van der Waals surface area contributed by atoms with Crippen LogP contribution in [0.2, 0.25) is 0 Å². The van der Waals surface area contributed by atoms with Crippen molar-refractivity contribution in [2.24, 2.45) is 0 Å². The maximum Gasteiger partial charge on any atom is 0.181 e. The van der Waals surface area contributed by atoms with E-state index in [0.717, 1.165) is 22.3 Å². The lowest BCUT2D eigenvalue weighted by molar-refractivity contribution is 0.972. The van der Waals surface area contributed by atoms with Crippen LogP contribution in [0.5, 0.6) is 0 Å². The van der Waals surface area contributed by atoms with Crippen LogP contribution in [0.4, 0.5) is 5.69 Å². The van der Waals surface area contributed by atoms with E-state index >= 15 is 0 Å². The molecule has 0 atom stereocenters. The molecule has 3 N–H and O–H groups in total. The van der Waals surface area contributed by atoms with E-state index in [0.29, 0.717) is 11.5 Å². The molecule has 20 heavy (non-hydrogen) atoms. The SMILES string of the molecule is Nc1cccc(-c2n[nH]c(Cc3ccc(Br)cc3)n2)c1. The third-order valence-electron chi connectivity index (χ3n) is 2.96. The van der Waals surface area contributed by atoms with Crippen molar-refractivity contribution in [3.8, 4) is 11.4 Å². The molecule has 1 aromatic heterocycles. The lowest BCUT2D eigenvalue weighted by Gasteiger charge is -1.98. The molecular weight excluding hydrogens is 316 g/mol. The third-order valence-corrected chi connectivity index (χ3v) is 3.49. The van der Waals surface area contributed by atoms with E-state index in [9.17, 15) is 0 Å². The maximum absolute atomic E-state index is 5.77. The Bertz CT molecular complexity index is 719. The molecular formula is C15H13BrN4. The highest BCUT2D eigenvalue weighted by molar-refractivity contribution is 9.10. The van der Waals surface area contributed by atoms with Crippen LogP contribution in [-0.2, 0) is 6.42 Å². The lowest BCUT2D eigenvalue weighted by Crippen LogP contribution is -1.90. The maximum atomic E-state index is 5.77. The van der Waals surface area contributed by atoms with Gasteiger partial charge in [-0.3, -0.25) is 5.10 Å². The first-order valence-corrected chi connectivity index (χ1v) is 7.01. The van der Waals surface area contributed by atoms with Gasteiger partial charge < -0.3 is 5.73 Å². The van der Waals surface area contributed by atoms with Gasteiger partial charge in [0.25, 0.3) is 0 Å². The first-order valence-electron chi connectivity index (χ1n) is 6.22. The number of aromatic nitrogens is 3. The number of benzene rings is 2. The highest BCUT2D eigenvalue weighted by Gasteiger charge is 2.06. The molecule has 0 unspecified atom stereocenters. The average molecular weight is 329 g/mol. The first kappa shape index (κ1) is 12.9. The van der Waals surface area contributed by atoms with Gasteiger partial charge in [0.15, 0.2) is 5.82 Å². The van der Waals surface area contributed by atoms with Crippen molar-refractivity contribution in [3.63, 3.8) is 0 Å². The molecule has 4 nitrogen and oxygen atoms in total. The van der Waals surface area contributed by atoms with Gasteiger partial charge in [0, 0.05) is 22.1 Å². The number of nitrogens with one attached hydrogen (secondary N) is 1. The average Bonchev–Trinajstić information content (AvgIpc) is 2.90. The van der Waals surface area contributed by atoms with Crippen LogP contribution in [0.3, 0.4) is 0 Å². The van der Waals surface area contributed by atoms with Gasteiger partial charge >= 0.3 is 0 Å². The number of rotatable bonds is 3. The topological polar surface area (TPSA) is 67.6 Å². The Kier molecular flexibility index (Phi) is 3.52. The number of hydrogen-bond acceptors (Lipinski definition) is 3. The van der Waals surface area contributed by atoms with Crippen molar-refractivity contribution < 1.29 is 0 Å². The molecule has 0 spiro atoms. The summed E-state index contributed by atoms with van der Waals surface area (Å²) in [6, 6.07) is 15.7. The van der Waals surface area contributed by atoms with Gasteiger partial charge in [0.05, 0.1) is 0 Å². The van der Waals surface area contributed by atoms with Crippen molar-refractivity contribution in [2.45, 2.75) is 6.42 Å². The molecule has 5 heteroatoms. The number of hydrogen-bond donors (Lipinski definition) is 2. The van der Waals surface area contributed by atoms with Crippen LogP contribution in [0.1, 0.15) is 11.4 Å². The van der Waals surface area contributed by atoms with E-state index in [2.05, 4.69) is 43.2 Å². The normalized spacial score (nSPS) is 10.7. The second-order valence-electron chi connectivity index (χ2n) is 4.53. The Balaban J connectivity index is 1.82. The summed E-state index contributed by atoms with van der Waals surface area (Å²) in [5.74, 6) is 1.51. The minimum atomic E-state index is 0.671. The summed E-state index contributed by atoms with van der Waals surface area (Å²) in [7, 11) is 0. The van der Waals surface area contributed by atoms with Crippen molar-refractivity contribution in [1.29, 1.82) is 0 Å². The van der Waals surface area contributed by atoms with E-state index < -0.39 is 0 Å². The largest absolute Gasteiger partial charge is 0.399 e. The molecule has 0 aliphatic rings. The number of aromatic amines is 1. The molecule has 0 saturated heterocycles. The second kappa shape index (κ2) is 5.46. The Morgan fingerprint density at radius 3 is 2.65 bits per heavy atom. The zero-order valence-corrected chi connectivity index (χ0v) is 12.3. The zero-order valence-electron chi connectivity index (χ0n) is 10.7. The van der Waals surface area contributed by atoms with Crippen molar-refractivity contribution in [1.82, 2.24) is 15.2 Å². The van der Waals surface area contributed by atoms with Crippen molar-refractivity contribution in [2.75, 3.05) is 5.73 Å². The lowest BCUT2D eigenvalue weighted by atomic mass is 10.1. The molecule has 1 heterocycles. The minimum absolute atomic E-state index is 0.671. The first-order chi connectivity index (χ1) is 9.70. The van der Waals surface area contributed by atoms with E-state index in [4.69, 9.17) is 5.73 Å². The number of anilines is 1. The van der Waals surface area contributed by atoms with Gasteiger partial charge in [-0.05, 0) is 29.8 Å². The predicted octanol–water partition coefficient (Wildman–Crippen LogP) is 3.41. The Morgan fingerprint density at radius 2 is 1.90 bits per heavy atom. The molecule has 0 saturated carbocycles. The van der Waals surface area contributed by atoms with Crippen LogP contribution in [-0.4, -0.2) is 15.2 Å². The third kappa shape index (κ3) is 2.88. The number of nitrogen functional groups attached to an aromatic ring is 1. The van der Waals surface area contributed by atoms with Gasteiger partial charge in [-0.15, -0.1) is 0 Å². The summed E-state index contributed by atoms with van der Waals surface area (Å²) in [6.45, 7) is 0. The van der Waals surface area contributed by atoms with Crippen molar-refractivity contribution in [3.05, 3.63) is 64.4 Å². The molecule has 100 valence electrons. The van der Waals surface area contributed by atoms with Gasteiger partial charge in [-0.25, -0.2) is 4.98 Å².